The molecule has 0 spiro atoms. The molecule has 0 atom stereocenters. The summed E-state index contributed by atoms with van der Waals surface area (Å²) >= 11 is 0. The van der Waals surface area contributed by atoms with Crippen LogP contribution in [-0.2, 0) is 26.2 Å². The summed E-state index contributed by atoms with van der Waals surface area (Å²) in [6.07, 6.45) is 0. The minimum Gasteiger partial charge on any atom is -0.460 e. The molecule has 0 heterocycles. The van der Waals surface area contributed by atoms with Gasteiger partial charge < -0.3 is 4.74 Å². The predicted molar refractivity (Wildman–Crippen MR) is 103 cm³/mol. The second-order valence-electron chi connectivity index (χ2n) is 6.01. The average molecular weight is 399 g/mol. The van der Waals surface area contributed by atoms with E-state index in [1.807, 2.05) is 54.6 Å². The molecular formula is C21H18FNO4S. The summed E-state index contributed by atoms with van der Waals surface area (Å²) in [6, 6.07) is 21.9. The van der Waals surface area contributed by atoms with Gasteiger partial charge in [0.1, 0.15) is 19.0 Å². The molecular weight excluding hydrogens is 381 g/mol. The monoisotopic (exact) mass is 399 g/mol. The van der Waals surface area contributed by atoms with Crippen LogP contribution in [0.3, 0.4) is 0 Å². The van der Waals surface area contributed by atoms with E-state index in [1.54, 1.807) is 0 Å². The van der Waals surface area contributed by atoms with Crippen molar-refractivity contribution in [1.29, 1.82) is 0 Å². The Bertz CT molecular complexity index is 1050. The van der Waals surface area contributed by atoms with Crippen molar-refractivity contribution >= 4 is 16.0 Å². The molecule has 28 heavy (non-hydrogen) atoms. The molecule has 3 aromatic carbocycles. The highest BCUT2D eigenvalue weighted by Gasteiger charge is 2.16. The fraction of sp³-hybridized carbons (Fsp3) is 0.0952. The normalized spacial score (nSPS) is 11.2. The number of esters is 1. The molecule has 7 heteroatoms. The molecule has 0 fully saturated rings. The molecule has 0 saturated carbocycles. The fourth-order valence-corrected chi connectivity index (χ4v) is 3.51. The van der Waals surface area contributed by atoms with Crippen molar-refractivity contribution in [2.45, 2.75) is 11.5 Å². The molecule has 144 valence electrons. The fourth-order valence-electron chi connectivity index (χ4n) is 2.51. The molecule has 0 unspecified atom stereocenters. The highest BCUT2D eigenvalue weighted by Crippen LogP contribution is 2.19. The van der Waals surface area contributed by atoms with Crippen LogP contribution < -0.4 is 4.72 Å². The van der Waals surface area contributed by atoms with E-state index in [1.165, 1.54) is 12.1 Å². The van der Waals surface area contributed by atoms with Crippen molar-refractivity contribution in [3.8, 4) is 11.1 Å². The zero-order valence-corrected chi connectivity index (χ0v) is 15.7. The van der Waals surface area contributed by atoms with Crippen LogP contribution >= 0.6 is 0 Å². The largest absolute Gasteiger partial charge is 0.460 e. The first-order chi connectivity index (χ1) is 13.4. The molecule has 0 aliphatic carbocycles. The first-order valence-corrected chi connectivity index (χ1v) is 9.97. The smallest absolute Gasteiger partial charge is 0.321 e. The van der Waals surface area contributed by atoms with Crippen molar-refractivity contribution in [3.05, 3.63) is 90.2 Å². The lowest BCUT2D eigenvalue weighted by Crippen LogP contribution is -2.30. The lowest BCUT2D eigenvalue weighted by atomic mass is 10.0. The molecule has 0 aromatic heterocycles. The van der Waals surface area contributed by atoms with Crippen molar-refractivity contribution in [2.75, 3.05) is 6.54 Å². The molecule has 0 aliphatic rings. The van der Waals surface area contributed by atoms with Crippen LogP contribution in [0.4, 0.5) is 4.39 Å². The third-order valence-electron chi connectivity index (χ3n) is 3.97. The molecule has 3 aromatic rings. The predicted octanol–water partition coefficient (Wildman–Crippen LogP) is 3.51. The van der Waals surface area contributed by atoms with Gasteiger partial charge in [-0.05, 0) is 34.9 Å². The third-order valence-corrected chi connectivity index (χ3v) is 5.37. The summed E-state index contributed by atoms with van der Waals surface area (Å²) in [5.41, 5.74) is 2.90. The highest BCUT2D eigenvalue weighted by molar-refractivity contribution is 7.89. The van der Waals surface area contributed by atoms with Crippen LogP contribution in [0.5, 0.6) is 0 Å². The van der Waals surface area contributed by atoms with E-state index in [4.69, 9.17) is 4.74 Å². The van der Waals surface area contributed by atoms with Crippen LogP contribution in [0.2, 0.25) is 0 Å². The van der Waals surface area contributed by atoms with Gasteiger partial charge >= 0.3 is 5.97 Å². The average Bonchev–Trinajstić information content (AvgIpc) is 2.72. The van der Waals surface area contributed by atoms with Gasteiger partial charge in [0.05, 0.1) is 4.90 Å². The summed E-state index contributed by atoms with van der Waals surface area (Å²) in [6.45, 7) is -0.517. The lowest BCUT2D eigenvalue weighted by molar-refractivity contribution is -0.143. The number of nitrogens with one attached hydrogen (secondary N) is 1. The maximum atomic E-state index is 13.2. The second-order valence-corrected chi connectivity index (χ2v) is 7.77. The molecule has 0 aliphatic heterocycles. The molecule has 1 N–H and O–H groups in total. The molecule has 0 bridgehead atoms. The van der Waals surface area contributed by atoms with Gasteiger partial charge in [-0.25, -0.2) is 12.8 Å². The van der Waals surface area contributed by atoms with Crippen LogP contribution in [0.15, 0.2) is 83.8 Å². The summed E-state index contributed by atoms with van der Waals surface area (Å²) in [7, 11) is -3.99. The van der Waals surface area contributed by atoms with Crippen LogP contribution in [0, 0.1) is 5.82 Å². The van der Waals surface area contributed by atoms with Gasteiger partial charge in [-0.3, -0.25) is 4.79 Å². The van der Waals surface area contributed by atoms with Crippen molar-refractivity contribution < 1.29 is 22.3 Å². The highest BCUT2D eigenvalue weighted by atomic mass is 32.2. The van der Waals surface area contributed by atoms with Crippen LogP contribution in [-0.4, -0.2) is 20.9 Å². The third kappa shape index (κ3) is 5.25. The Morgan fingerprint density at radius 1 is 0.893 bits per heavy atom. The standard InChI is InChI=1S/C21H18FNO4S/c22-19-7-4-8-20(13-19)28(25,26)23-14-21(24)27-15-16-9-11-18(12-10-16)17-5-2-1-3-6-17/h1-13,23H,14-15H2. The van der Waals surface area contributed by atoms with E-state index in [-0.39, 0.29) is 11.5 Å². The molecule has 3 rings (SSSR count). The minimum atomic E-state index is -3.99. The lowest BCUT2D eigenvalue weighted by Gasteiger charge is -2.08. The number of carbonyl (C=O) groups is 1. The number of sulfonamides is 1. The van der Waals surface area contributed by atoms with E-state index in [0.717, 1.165) is 28.8 Å². The van der Waals surface area contributed by atoms with Crippen molar-refractivity contribution in [2.24, 2.45) is 0 Å². The van der Waals surface area contributed by atoms with E-state index in [9.17, 15) is 17.6 Å². The quantitative estimate of drug-likeness (QED) is 0.617. The summed E-state index contributed by atoms with van der Waals surface area (Å²) < 4.78 is 44.4. The van der Waals surface area contributed by atoms with Gasteiger partial charge in [0.25, 0.3) is 0 Å². The van der Waals surface area contributed by atoms with E-state index < -0.39 is 28.4 Å². The zero-order chi connectivity index (χ0) is 20.0. The molecule has 0 amide bonds. The van der Waals surface area contributed by atoms with Crippen LogP contribution in [0.25, 0.3) is 11.1 Å². The number of carbonyl (C=O) groups excluding carboxylic acids is 1. The Kier molecular flexibility index (Phi) is 6.18. The number of benzene rings is 3. The Balaban J connectivity index is 1.52. The molecule has 0 saturated heterocycles. The van der Waals surface area contributed by atoms with Crippen molar-refractivity contribution in [3.63, 3.8) is 0 Å². The number of hydrogen-bond donors (Lipinski definition) is 1. The Labute approximate surface area is 162 Å². The number of ether oxygens (including phenoxy) is 1. The van der Waals surface area contributed by atoms with E-state index in [2.05, 4.69) is 4.72 Å². The van der Waals surface area contributed by atoms with Gasteiger partial charge in [0.2, 0.25) is 10.0 Å². The van der Waals surface area contributed by atoms with Crippen molar-refractivity contribution in [1.82, 2.24) is 4.72 Å². The summed E-state index contributed by atoms with van der Waals surface area (Å²) in [5.74, 6) is -1.41. The number of halogens is 1. The summed E-state index contributed by atoms with van der Waals surface area (Å²) in [4.78, 5) is 11.6. The number of hydrogen-bond acceptors (Lipinski definition) is 4. The maximum absolute atomic E-state index is 13.2. The summed E-state index contributed by atoms with van der Waals surface area (Å²) in [5, 5.41) is 0. The Hall–Kier alpha value is -3.03. The number of rotatable bonds is 7. The van der Waals surface area contributed by atoms with E-state index >= 15 is 0 Å². The molecule has 5 nitrogen and oxygen atoms in total. The maximum Gasteiger partial charge on any atom is 0.321 e. The van der Waals surface area contributed by atoms with Gasteiger partial charge in [-0.15, -0.1) is 0 Å². The van der Waals surface area contributed by atoms with Crippen LogP contribution in [0.1, 0.15) is 5.56 Å². The van der Waals surface area contributed by atoms with Gasteiger partial charge in [-0.2, -0.15) is 4.72 Å². The zero-order valence-electron chi connectivity index (χ0n) is 14.8. The first kappa shape index (κ1) is 19.7. The van der Waals surface area contributed by atoms with E-state index in [0.29, 0.717) is 0 Å². The molecule has 0 radical (unpaired) electrons. The van der Waals surface area contributed by atoms with Gasteiger partial charge in [0, 0.05) is 0 Å². The van der Waals surface area contributed by atoms with Gasteiger partial charge in [0.15, 0.2) is 0 Å². The Morgan fingerprint density at radius 3 is 2.25 bits per heavy atom. The topological polar surface area (TPSA) is 72.5 Å². The second kappa shape index (κ2) is 8.77. The van der Waals surface area contributed by atoms with Gasteiger partial charge in [-0.1, -0.05) is 60.7 Å². The first-order valence-electron chi connectivity index (χ1n) is 8.49. The SMILES string of the molecule is O=C(CNS(=O)(=O)c1cccc(F)c1)OCc1ccc(-c2ccccc2)cc1. The minimum absolute atomic E-state index is 0.0234. The Morgan fingerprint density at radius 2 is 1.57 bits per heavy atom.